The lowest BCUT2D eigenvalue weighted by Crippen LogP contribution is -2.34. The maximum absolute atomic E-state index is 12.4. The van der Waals surface area contributed by atoms with Crippen LogP contribution >= 0.6 is 0 Å². The van der Waals surface area contributed by atoms with Gasteiger partial charge in [-0.3, -0.25) is 9.59 Å². The number of hydrogen-bond donors (Lipinski definition) is 3. The number of nitrogens with one attached hydrogen (secondary N) is 2. The molecule has 1 aromatic carbocycles. The number of carboxylic acid groups (broad SMARTS) is 1. The van der Waals surface area contributed by atoms with Crippen LogP contribution in [-0.4, -0.2) is 36.0 Å². The van der Waals surface area contributed by atoms with Crippen LogP contribution in [0.25, 0.3) is 0 Å². The first kappa shape index (κ1) is 16.5. The van der Waals surface area contributed by atoms with Crippen molar-refractivity contribution in [3.8, 4) is 0 Å². The van der Waals surface area contributed by atoms with Gasteiger partial charge in [-0.05, 0) is 56.5 Å². The Labute approximate surface area is 131 Å². The minimum atomic E-state index is -0.748. The maximum atomic E-state index is 12.4. The van der Waals surface area contributed by atoms with Crippen molar-refractivity contribution in [1.82, 2.24) is 5.32 Å². The molecule has 0 radical (unpaired) electrons. The smallest absolute Gasteiger partial charge is 0.303 e. The lowest BCUT2D eigenvalue weighted by molar-refractivity contribution is -0.137. The fourth-order valence-electron chi connectivity index (χ4n) is 2.70. The van der Waals surface area contributed by atoms with E-state index < -0.39 is 5.97 Å². The summed E-state index contributed by atoms with van der Waals surface area (Å²) in [6.07, 6.45) is 3.64. The first-order chi connectivity index (χ1) is 10.6. The minimum absolute atomic E-state index is 0.111. The molecule has 5 nitrogen and oxygen atoms in total. The zero-order chi connectivity index (χ0) is 15.9. The summed E-state index contributed by atoms with van der Waals surface area (Å²) >= 11 is 0. The Morgan fingerprint density at radius 2 is 2.14 bits per heavy atom. The molecule has 1 aliphatic heterocycles. The first-order valence-electron chi connectivity index (χ1n) is 7.94. The summed E-state index contributed by atoms with van der Waals surface area (Å²) in [6, 6.07) is 5.63. The van der Waals surface area contributed by atoms with Gasteiger partial charge >= 0.3 is 5.97 Å². The second kappa shape index (κ2) is 7.94. The predicted octanol–water partition coefficient (Wildman–Crippen LogP) is 2.46. The summed E-state index contributed by atoms with van der Waals surface area (Å²) in [5, 5.41) is 15.1. The van der Waals surface area contributed by atoms with E-state index in [0.29, 0.717) is 6.42 Å². The van der Waals surface area contributed by atoms with Crippen molar-refractivity contribution in [3.63, 3.8) is 0 Å². The van der Waals surface area contributed by atoms with E-state index in [2.05, 4.69) is 10.6 Å². The molecule has 0 amide bonds. The van der Waals surface area contributed by atoms with E-state index in [1.807, 2.05) is 25.1 Å². The molecule has 3 N–H and O–H groups in total. The van der Waals surface area contributed by atoms with Crippen LogP contribution in [0.3, 0.4) is 0 Å². The summed E-state index contributed by atoms with van der Waals surface area (Å²) < 4.78 is 0. The molecule has 0 fully saturated rings. The molecule has 120 valence electrons. The molecule has 0 saturated heterocycles. The predicted molar refractivity (Wildman–Crippen MR) is 86.5 cm³/mol. The normalized spacial score (nSPS) is 14.2. The Morgan fingerprint density at radius 1 is 1.32 bits per heavy atom. The van der Waals surface area contributed by atoms with Crippen LogP contribution in [0.15, 0.2) is 18.2 Å². The van der Waals surface area contributed by atoms with Crippen LogP contribution in [0.1, 0.15) is 48.5 Å². The zero-order valence-electron chi connectivity index (χ0n) is 13.0. The Bertz CT molecular complexity index is 543. The Kier molecular flexibility index (Phi) is 5.95. The number of rotatable bonds is 9. The van der Waals surface area contributed by atoms with Crippen molar-refractivity contribution in [2.45, 2.75) is 45.1 Å². The van der Waals surface area contributed by atoms with Gasteiger partial charge in [-0.15, -0.1) is 0 Å². The highest BCUT2D eigenvalue weighted by Crippen LogP contribution is 2.23. The molecule has 1 aliphatic rings. The molecule has 22 heavy (non-hydrogen) atoms. The molecule has 5 heteroatoms. The number of benzene rings is 1. The maximum Gasteiger partial charge on any atom is 0.303 e. The Morgan fingerprint density at radius 3 is 2.91 bits per heavy atom. The third kappa shape index (κ3) is 4.56. The summed E-state index contributed by atoms with van der Waals surface area (Å²) in [5.41, 5.74) is 3.11. The van der Waals surface area contributed by atoms with Gasteiger partial charge in [-0.2, -0.15) is 0 Å². The van der Waals surface area contributed by atoms with E-state index in [-0.39, 0.29) is 18.2 Å². The number of hydrogen-bond acceptors (Lipinski definition) is 4. The lowest BCUT2D eigenvalue weighted by atomic mass is 10.0. The van der Waals surface area contributed by atoms with E-state index in [1.165, 1.54) is 5.56 Å². The lowest BCUT2D eigenvalue weighted by Gasteiger charge is -2.13. The number of anilines is 1. The number of unbranched alkanes of at least 4 members (excludes halogenated alkanes) is 2. The van der Waals surface area contributed by atoms with Crippen molar-refractivity contribution in [1.29, 1.82) is 0 Å². The van der Waals surface area contributed by atoms with Gasteiger partial charge in [-0.25, -0.2) is 0 Å². The van der Waals surface area contributed by atoms with Crippen LogP contribution in [0.5, 0.6) is 0 Å². The van der Waals surface area contributed by atoms with Crippen LogP contribution in [0, 0.1) is 0 Å². The van der Waals surface area contributed by atoms with Gasteiger partial charge in [0.25, 0.3) is 0 Å². The molecule has 0 aromatic heterocycles. The minimum Gasteiger partial charge on any atom is -0.481 e. The SMILES string of the molecule is CC(NCCCCCC(=O)O)C(=O)c1ccc2c(c1)CCN2. The zero-order valence-corrected chi connectivity index (χ0v) is 13.0. The van der Waals surface area contributed by atoms with Gasteiger partial charge in [0.2, 0.25) is 0 Å². The van der Waals surface area contributed by atoms with Gasteiger partial charge < -0.3 is 15.7 Å². The van der Waals surface area contributed by atoms with E-state index in [4.69, 9.17) is 5.11 Å². The topological polar surface area (TPSA) is 78.4 Å². The Balaban J connectivity index is 1.74. The van der Waals surface area contributed by atoms with E-state index in [0.717, 1.165) is 43.6 Å². The number of ketones is 1. The molecule has 1 aromatic rings. The fraction of sp³-hybridized carbons (Fsp3) is 0.529. The third-order valence-corrected chi connectivity index (χ3v) is 4.01. The average molecular weight is 304 g/mol. The second-order valence-corrected chi connectivity index (χ2v) is 5.79. The van der Waals surface area contributed by atoms with Crippen molar-refractivity contribution >= 4 is 17.4 Å². The quantitative estimate of drug-likeness (QED) is 0.482. The van der Waals surface area contributed by atoms with Gasteiger partial charge in [0.05, 0.1) is 6.04 Å². The highest BCUT2D eigenvalue weighted by Gasteiger charge is 2.17. The monoisotopic (exact) mass is 304 g/mol. The Hall–Kier alpha value is -1.88. The second-order valence-electron chi connectivity index (χ2n) is 5.79. The van der Waals surface area contributed by atoms with Crippen LogP contribution in [-0.2, 0) is 11.2 Å². The summed E-state index contributed by atoms with van der Waals surface area (Å²) in [5.74, 6) is -0.636. The molecular formula is C17H24N2O3. The highest BCUT2D eigenvalue weighted by atomic mass is 16.4. The summed E-state index contributed by atoms with van der Waals surface area (Å²) in [6.45, 7) is 3.56. The van der Waals surface area contributed by atoms with Crippen LogP contribution < -0.4 is 10.6 Å². The van der Waals surface area contributed by atoms with Crippen molar-refractivity contribution in [2.24, 2.45) is 0 Å². The molecule has 1 unspecified atom stereocenters. The van der Waals surface area contributed by atoms with E-state index >= 15 is 0 Å². The van der Waals surface area contributed by atoms with Crippen LogP contribution in [0.4, 0.5) is 5.69 Å². The summed E-state index contributed by atoms with van der Waals surface area (Å²) in [7, 11) is 0. The van der Waals surface area contributed by atoms with E-state index in [9.17, 15) is 9.59 Å². The number of carbonyl (C=O) groups is 2. The summed E-state index contributed by atoms with van der Waals surface area (Å²) in [4.78, 5) is 22.8. The number of fused-ring (bicyclic) bond motifs is 1. The molecule has 2 rings (SSSR count). The number of aliphatic carboxylic acids is 1. The fourth-order valence-corrected chi connectivity index (χ4v) is 2.70. The molecule has 0 saturated carbocycles. The van der Waals surface area contributed by atoms with Gasteiger partial charge in [0.1, 0.15) is 0 Å². The molecule has 1 heterocycles. The third-order valence-electron chi connectivity index (χ3n) is 4.01. The van der Waals surface area contributed by atoms with Gasteiger partial charge in [0, 0.05) is 24.2 Å². The number of carbonyl (C=O) groups excluding carboxylic acids is 1. The largest absolute Gasteiger partial charge is 0.481 e. The van der Waals surface area contributed by atoms with Crippen molar-refractivity contribution in [2.75, 3.05) is 18.4 Å². The van der Waals surface area contributed by atoms with E-state index in [1.54, 1.807) is 0 Å². The average Bonchev–Trinajstić information content (AvgIpc) is 2.96. The molecular weight excluding hydrogens is 280 g/mol. The molecule has 0 bridgehead atoms. The van der Waals surface area contributed by atoms with Crippen LogP contribution in [0.2, 0.25) is 0 Å². The van der Waals surface area contributed by atoms with Gasteiger partial charge in [-0.1, -0.05) is 6.42 Å². The van der Waals surface area contributed by atoms with Crippen molar-refractivity contribution < 1.29 is 14.7 Å². The first-order valence-corrected chi connectivity index (χ1v) is 7.94. The van der Waals surface area contributed by atoms with Gasteiger partial charge in [0.15, 0.2) is 5.78 Å². The molecule has 1 atom stereocenters. The number of Topliss-reactive ketones (excluding diaryl/α,β-unsaturated/α-hetero) is 1. The number of carboxylic acids is 1. The van der Waals surface area contributed by atoms with Crippen molar-refractivity contribution in [3.05, 3.63) is 29.3 Å². The highest BCUT2D eigenvalue weighted by molar-refractivity contribution is 6.00. The molecule has 0 aliphatic carbocycles. The molecule has 0 spiro atoms. The standard InChI is InChI=1S/C17H24N2O3/c1-12(18-9-4-2-3-5-16(20)21)17(22)14-6-7-15-13(11-14)8-10-19-15/h6-7,11-12,18-19H,2-5,8-10H2,1H3,(H,20,21).